The van der Waals surface area contributed by atoms with Crippen LogP contribution in [-0.4, -0.2) is 39.1 Å². The van der Waals surface area contributed by atoms with Crippen molar-refractivity contribution in [1.29, 1.82) is 0 Å². The van der Waals surface area contributed by atoms with Crippen molar-refractivity contribution >= 4 is 23.2 Å². The molecule has 0 atom stereocenters. The average molecular weight is 277 g/mol. The smallest absolute Gasteiger partial charge is 0.264 e. The van der Waals surface area contributed by atoms with E-state index in [1.807, 2.05) is 7.05 Å². The monoisotopic (exact) mass is 277 g/mol. The zero-order valence-corrected chi connectivity index (χ0v) is 11.7. The first-order chi connectivity index (χ1) is 9.61. The summed E-state index contributed by atoms with van der Waals surface area (Å²) in [6.45, 7) is 0.863. The molecule has 1 heterocycles. The van der Waals surface area contributed by atoms with Crippen LogP contribution in [0.25, 0.3) is 0 Å². The molecule has 2 rings (SSSR count). The maximum Gasteiger partial charge on any atom is 0.264 e. The molecular weight excluding hydrogens is 258 g/mol. The summed E-state index contributed by atoms with van der Waals surface area (Å²) in [6.07, 6.45) is 1.25. The Bertz CT molecular complexity index is 516. The first-order valence-corrected chi connectivity index (χ1v) is 6.59. The van der Waals surface area contributed by atoms with E-state index in [9.17, 15) is 9.59 Å². The van der Waals surface area contributed by atoms with Crippen LogP contribution >= 0.6 is 0 Å². The van der Waals surface area contributed by atoms with Gasteiger partial charge in [-0.15, -0.1) is 0 Å². The number of benzene rings is 1. The van der Waals surface area contributed by atoms with E-state index >= 15 is 0 Å². The van der Waals surface area contributed by atoms with Crippen LogP contribution in [0.3, 0.4) is 0 Å². The van der Waals surface area contributed by atoms with Crippen LogP contribution in [0.2, 0.25) is 0 Å². The third-order valence-corrected chi connectivity index (χ3v) is 3.16. The fourth-order valence-electron chi connectivity index (χ4n) is 2.00. The number of hydrogen-bond donors (Lipinski definition) is 2. The number of likely N-dealkylation sites (N-methyl/N-ethyl adjacent to an activating group) is 1. The van der Waals surface area contributed by atoms with Gasteiger partial charge in [-0.1, -0.05) is 0 Å². The van der Waals surface area contributed by atoms with Crippen LogP contribution in [0.15, 0.2) is 18.2 Å². The molecule has 20 heavy (non-hydrogen) atoms. The SMILES string of the molecule is CNCCCC(=O)Nc1ccc2c(c1)N(C)C(=O)CO2. The number of hydrogen-bond acceptors (Lipinski definition) is 4. The molecule has 1 aromatic carbocycles. The molecule has 0 unspecified atom stereocenters. The molecule has 0 spiro atoms. The highest BCUT2D eigenvalue weighted by molar-refractivity contribution is 5.99. The van der Waals surface area contributed by atoms with Gasteiger partial charge < -0.3 is 20.3 Å². The lowest BCUT2D eigenvalue weighted by atomic mass is 10.2. The summed E-state index contributed by atoms with van der Waals surface area (Å²) in [5, 5.41) is 5.82. The minimum absolute atomic E-state index is 0.0362. The Morgan fingerprint density at radius 1 is 1.45 bits per heavy atom. The molecule has 1 aliphatic rings. The topological polar surface area (TPSA) is 70.7 Å². The van der Waals surface area contributed by atoms with Crippen LogP contribution in [0.1, 0.15) is 12.8 Å². The summed E-state index contributed by atoms with van der Waals surface area (Å²) in [4.78, 5) is 24.9. The molecule has 0 fully saturated rings. The van der Waals surface area contributed by atoms with Crippen molar-refractivity contribution in [1.82, 2.24) is 5.32 Å². The zero-order valence-electron chi connectivity index (χ0n) is 11.7. The molecular formula is C14H19N3O3. The van der Waals surface area contributed by atoms with E-state index in [0.29, 0.717) is 23.5 Å². The second-order valence-electron chi connectivity index (χ2n) is 4.68. The van der Waals surface area contributed by atoms with Gasteiger partial charge in [0.05, 0.1) is 5.69 Å². The molecule has 0 saturated heterocycles. The van der Waals surface area contributed by atoms with Gasteiger partial charge in [0.1, 0.15) is 5.75 Å². The highest BCUT2D eigenvalue weighted by Gasteiger charge is 2.22. The number of anilines is 2. The predicted octanol–water partition coefficient (Wildman–Crippen LogP) is 0.980. The lowest BCUT2D eigenvalue weighted by molar-refractivity contribution is -0.121. The minimum Gasteiger partial charge on any atom is -0.482 e. The van der Waals surface area contributed by atoms with Gasteiger partial charge in [-0.3, -0.25) is 9.59 Å². The highest BCUT2D eigenvalue weighted by Crippen LogP contribution is 2.33. The van der Waals surface area contributed by atoms with E-state index in [4.69, 9.17) is 4.74 Å². The van der Waals surface area contributed by atoms with Gasteiger partial charge >= 0.3 is 0 Å². The first-order valence-electron chi connectivity index (χ1n) is 6.59. The number of rotatable bonds is 5. The fraction of sp³-hybridized carbons (Fsp3) is 0.429. The number of nitrogens with zero attached hydrogens (tertiary/aromatic N) is 1. The molecule has 6 nitrogen and oxygen atoms in total. The van der Waals surface area contributed by atoms with Crippen molar-refractivity contribution in [3.63, 3.8) is 0 Å². The third kappa shape index (κ3) is 3.27. The van der Waals surface area contributed by atoms with E-state index in [0.717, 1.165) is 13.0 Å². The second-order valence-corrected chi connectivity index (χ2v) is 4.68. The molecule has 0 radical (unpaired) electrons. The Hall–Kier alpha value is -2.08. The van der Waals surface area contributed by atoms with Crippen LogP contribution in [-0.2, 0) is 9.59 Å². The average Bonchev–Trinajstić information content (AvgIpc) is 2.44. The molecule has 2 amide bonds. The fourth-order valence-corrected chi connectivity index (χ4v) is 2.00. The van der Waals surface area contributed by atoms with Gasteiger partial charge in [0.15, 0.2) is 6.61 Å². The Kier molecular flexibility index (Phi) is 4.57. The van der Waals surface area contributed by atoms with E-state index < -0.39 is 0 Å². The summed E-state index contributed by atoms with van der Waals surface area (Å²) < 4.78 is 5.33. The summed E-state index contributed by atoms with van der Waals surface area (Å²) in [6, 6.07) is 5.29. The van der Waals surface area contributed by atoms with E-state index in [-0.39, 0.29) is 18.4 Å². The van der Waals surface area contributed by atoms with Crippen molar-refractivity contribution in [3.8, 4) is 5.75 Å². The Morgan fingerprint density at radius 2 is 2.25 bits per heavy atom. The molecule has 108 valence electrons. The van der Waals surface area contributed by atoms with Crippen molar-refractivity contribution in [2.75, 3.05) is 37.5 Å². The number of carbonyl (C=O) groups excluding carboxylic acids is 2. The molecule has 6 heteroatoms. The highest BCUT2D eigenvalue weighted by atomic mass is 16.5. The minimum atomic E-state index is -0.102. The Balaban J connectivity index is 2.03. The number of ether oxygens (including phenoxy) is 1. The van der Waals surface area contributed by atoms with E-state index in [1.54, 1.807) is 25.2 Å². The lowest BCUT2D eigenvalue weighted by Gasteiger charge is -2.26. The first kappa shape index (κ1) is 14.3. The second kappa shape index (κ2) is 6.38. The lowest BCUT2D eigenvalue weighted by Crippen LogP contribution is -2.35. The predicted molar refractivity (Wildman–Crippen MR) is 77.1 cm³/mol. The van der Waals surface area contributed by atoms with Crippen molar-refractivity contribution in [2.45, 2.75) is 12.8 Å². The summed E-state index contributed by atoms with van der Waals surface area (Å²) in [5.74, 6) is 0.515. The van der Waals surface area contributed by atoms with Gasteiger partial charge in [0.2, 0.25) is 5.91 Å². The van der Waals surface area contributed by atoms with Gasteiger partial charge in [0, 0.05) is 19.2 Å². The van der Waals surface area contributed by atoms with Crippen LogP contribution in [0.4, 0.5) is 11.4 Å². The van der Waals surface area contributed by atoms with E-state index in [1.165, 1.54) is 4.90 Å². The number of carbonyl (C=O) groups is 2. The van der Waals surface area contributed by atoms with Gasteiger partial charge in [-0.05, 0) is 38.2 Å². The normalized spacial score (nSPS) is 13.7. The maximum absolute atomic E-state index is 11.8. The molecule has 0 aromatic heterocycles. The molecule has 1 aliphatic heterocycles. The van der Waals surface area contributed by atoms with Crippen LogP contribution in [0.5, 0.6) is 5.75 Å². The Labute approximate surface area is 118 Å². The quantitative estimate of drug-likeness (QED) is 0.787. The Morgan fingerprint density at radius 3 is 3.00 bits per heavy atom. The molecule has 0 aliphatic carbocycles. The largest absolute Gasteiger partial charge is 0.482 e. The van der Waals surface area contributed by atoms with Crippen molar-refractivity contribution in [2.24, 2.45) is 0 Å². The van der Waals surface area contributed by atoms with E-state index in [2.05, 4.69) is 10.6 Å². The summed E-state index contributed by atoms with van der Waals surface area (Å²) in [7, 11) is 3.55. The van der Waals surface area contributed by atoms with Crippen LogP contribution in [0, 0.1) is 0 Å². The van der Waals surface area contributed by atoms with Crippen molar-refractivity contribution < 1.29 is 14.3 Å². The molecule has 0 saturated carbocycles. The summed E-state index contributed by atoms with van der Waals surface area (Å²) in [5.41, 5.74) is 1.35. The number of fused-ring (bicyclic) bond motifs is 1. The van der Waals surface area contributed by atoms with Gasteiger partial charge in [-0.25, -0.2) is 0 Å². The third-order valence-electron chi connectivity index (χ3n) is 3.16. The maximum atomic E-state index is 11.8. The molecule has 2 N–H and O–H groups in total. The number of nitrogens with one attached hydrogen (secondary N) is 2. The van der Waals surface area contributed by atoms with Crippen LogP contribution < -0.4 is 20.3 Å². The van der Waals surface area contributed by atoms with Gasteiger partial charge in [-0.2, -0.15) is 0 Å². The number of amides is 2. The summed E-state index contributed by atoms with van der Waals surface area (Å²) >= 11 is 0. The van der Waals surface area contributed by atoms with Gasteiger partial charge in [0.25, 0.3) is 5.91 Å². The standard InChI is InChI=1S/C14H19N3O3/c1-15-7-3-4-13(18)16-10-5-6-12-11(8-10)17(2)14(19)9-20-12/h5-6,8,15H,3-4,7,9H2,1-2H3,(H,16,18). The molecule has 0 bridgehead atoms. The van der Waals surface area contributed by atoms with Crippen molar-refractivity contribution in [3.05, 3.63) is 18.2 Å². The molecule has 1 aromatic rings. The zero-order chi connectivity index (χ0) is 14.5.